The van der Waals surface area contributed by atoms with Crippen molar-refractivity contribution in [1.29, 1.82) is 0 Å². The van der Waals surface area contributed by atoms with Crippen LogP contribution in [0.25, 0.3) is 0 Å². The molecule has 0 atom stereocenters. The van der Waals surface area contributed by atoms with E-state index >= 15 is 0 Å². The van der Waals surface area contributed by atoms with Gasteiger partial charge in [-0.3, -0.25) is 0 Å². The standard InChI is InChI=1S/C18H22N2/c1-3-8-16(9-4-1)12-13-17-10-7-11-18(19-17)20-14-5-2-6-15-20/h1,3-4,7-11H,2,5-6,12-15H2. The maximum atomic E-state index is 4.84. The Labute approximate surface area is 121 Å². The van der Waals surface area contributed by atoms with E-state index in [2.05, 4.69) is 53.4 Å². The molecule has 0 bridgehead atoms. The average molecular weight is 266 g/mol. The summed E-state index contributed by atoms with van der Waals surface area (Å²) in [5.41, 5.74) is 2.59. The molecule has 3 rings (SSSR count). The van der Waals surface area contributed by atoms with E-state index in [4.69, 9.17) is 4.98 Å². The Bertz CT molecular complexity index is 530. The highest BCUT2D eigenvalue weighted by Crippen LogP contribution is 2.18. The summed E-state index contributed by atoms with van der Waals surface area (Å²) >= 11 is 0. The largest absolute Gasteiger partial charge is 0.357 e. The molecule has 0 amide bonds. The Morgan fingerprint density at radius 1 is 0.800 bits per heavy atom. The van der Waals surface area contributed by atoms with Gasteiger partial charge < -0.3 is 4.90 Å². The predicted octanol–water partition coefficient (Wildman–Crippen LogP) is 3.86. The molecule has 0 spiro atoms. The third-order valence-electron chi connectivity index (χ3n) is 3.98. The van der Waals surface area contributed by atoms with Crippen molar-refractivity contribution in [2.75, 3.05) is 18.0 Å². The van der Waals surface area contributed by atoms with Gasteiger partial charge in [0, 0.05) is 18.8 Å². The second kappa shape index (κ2) is 6.56. The number of aryl methyl sites for hydroxylation is 2. The van der Waals surface area contributed by atoms with Crippen molar-refractivity contribution >= 4 is 5.82 Å². The number of pyridine rings is 1. The van der Waals surface area contributed by atoms with E-state index in [1.165, 1.54) is 30.5 Å². The van der Waals surface area contributed by atoms with Gasteiger partial charge in [0.2, 0.25) is 0 Å². The lowest BCUT2D eigenvalue weighted by Crippen LogP contribution is -2.30. The molecule has 1 aromatic heterocycles. The van der Waals surface area contributed by atoms with Crippen molar-refractivity contribution in [3.63, 3.8) is 0 Å². The molecule has 20 heavy (non-hydrogen) atoms. The molecule has 1 saturated heterocycles. The number of aromatic nitrogens is 1. The maximum Gasteiger partial charge on any atom is 0.128 e. The van der Waals surface area contributed by atoms with Gasteiger partial charge >= 0.3 is 0 Å². The van der Waals surface area contributed by atoms with Crippen LogP contribution in [0.3, 0.4) is 0 Å². The lowest BCUT2D eigenvalue weighted by Gasteiger charge is -2.28. The van der Waals surface area contributed by atoms with Crippen LogP contribution in [0.1, 0.15) is 30.5 Å². The van der Waals surface area contributed by atoms with Gasteiger partial charge in [-0.25, -0.2) is 4.98 Å². The van der Waals surface area contributed by atoms with Crippen LogP contribution < -0.4 is 4.90 Å². The Balaban J connectivity index is 1.65. The van der Waals surface area contributed by atoms with Gasteiger partial charge in [-0.2, -0.15) is 0 Å². The van der Waals surface area contributed by atoms with Crippen molar-refractivity contribution in [3.8, 4) is 0 Å². The molecule has 0 N–H and O–H groups in total. The Hall–Kier alpha value is -1.83. The molecular formula is C18H22N2. The van der Waals surface area contributed by atoms with Crippen molar-refractivity contribution in [3.05, 3.63) is 59.8 Å². The van der Waals surface area contributed by atoms with Crippen LogP contribution in [-0.2, 0) is 12.8 Å². The normalized spacial score (nSPS) is 15.3. The minimum absolute atomic E-state index is 1.02. The molecule has 0 unspecified atom stereocenters. The summed E-state index contributed by atoms with van der Waals surface area (Å²) in [6.45, 7) is 2.32. The molecule has 1 aromatic carbocycles. The number of benzene rings is 1. The van der Waals surface area contributed by atoms with Crippen molar-refractivity contribution in [1.82, 2.24) is 4.98 Å². The van der Waals surface area contributed by atoms with Crippen LogP contribution in [0, 0.1) is 0 Å². The molecule has 0 saturated carbocycles. The predicted molar refractivity (Wildman–Crippen MR) is 84.2 cm³/mol. The molecular weight excluding hydrogens is 244 g/mol. The van der Waals surface area contributed by atoms with Gasteiger partial charge in [-0.1, -0.05) is 36.4 Å². The molecule has 1 aliphatic heterocycles. The summed E-state index contributed by atoms with van der Waals surface area (Å²) in [7, 11) is 0. The van der Waals surface area contributed by atoms with E-state index < -0.39 is 0 Å². The summed E-state index contributed by atoms with van der Waals surface area (Å²) in [4.78, 5) is 7.26. The highest BCUT2D eigenvalue weighted by molar-refractivity contribution is 5.39. The Morgan fingerprint density at radius 3 is 2.40 bits per heavy atom. The van der Waals surface area contributed by atoms with E-state index in [0.29, 0.717) is 0 Å². The van der Waals surface area contributed by atoms with Crippen molar-refractivity contribution in [2.45, 2.75) is 32.1 Å². The molecule has 2 nitrogen and oxygen atoms in total. The lowest BCUT2D eigenvalue weighted by atomic mass is 10.1. The Morgan fingerprint density at radius 2 is 1.60 bits per heavy atom. The number of nitrogens with zero attached hydrogens (tertiary/aromatic N) is 2. The first-order valence-corrected chi connectivity index (χ1v) is 7.67. The fourth-order valence-electron chi connectivity index (χ4n) is 2.82. The van der Waals surface area contributed by atoms with E-state index in [1.807, 2.05) is 0 Å². The van der Waals surface area contributed by atoms with Gasteiger partial charge in [0.15, 0.2) is 0 Å². The van der Waals surface area contributed by atoms with Crippen LogP contribution in [0.15, 0.2) is 48.5 Å². The van der Waals surface area contributed by atoms with Gasteiger partial charge in [0.1, 0.15) is 5.82 Å². The molecule has 2 aromatic rings. The zero-order chi connectivity index (χ0) is 13.6. The Kier molecular flexibility index (Phi) is 4.32. The van der Waals surface area contributed by atoms with Crippen molar-refractivity contribution in [2.24, 2.45) is 0 Å². The van der Waals surface area contributed by atoms with Gasteiger partial charge in [-0.15, -0.1) is 0 Å². The minimum Gasteiger partial charge on any atom is -0.357 e. The topological polar surface area (TPSA) is 16.1 Å². The first-order valence-electron chi connectivity index (χ1n) is 7.67. The number of anilines is 1. The van der Waals surface area contributed by atoms with E-state index in [-0.39, 0.29) is 0 Å². The maximum absolute atomic E-state index is 4.84. The molecule has 2 heteroatoms. The average Bonchev–Trinajstić information content (AvgIpc) is 2.55. The monoisotopic (exact) mass is 266 g/mol. The van der Waals surface area contributed by atoms with Crippen LogP contribution in [0.4, 0.5) is 5.82 Å². The molecule has 0 aliphatic carbocycles. The second-order valence-corrected chi connectivity index (χ2v) is 5.52. The summed E-state index contributed by atoms with van der Waals surface area (Å²) in [6, 6.07) is 17.1. The van der Waals surface area contributed by atoms with E-state index in [0.717, 1.165) is 31.7 Å². The highest BCUT2D eigenvalue weighted by atomic mass is 15.2. The molecule has 1 aliphatic rings. The molecule has 104 valence electrons. The highest BCUT2D eigenvalue weighted by Gasteiger charge is 2.12. The molecule has 1 fully saturated rings. The van der Waals surface area contributed by atoms with Crippen molar-refractivity contribution < 1.29 is 0 Å². The number of rotatable bonds is 4. The summed E-state index contributed by atoms with van der Waals surface area (Å²) in [6.07, 6.45) is 6.05. The summed E-state index contributed by atoms with van der Waals surface area (Å²) in [5.74, 6) is 1.16. The zero-order valence-corrected chi connectivity index (χ0v) is 12.0. The smallest absolute Gasteiger partial charge is 0.128 e. The van der Waals surface area contributed by atoms with Gasteiger partial charge in [0.05, 0.1) is 0 Å². The first-order chi connectivity index (χ1) is 9.92. The fourth-order valence-corrected chi connectivity index (χ4v) is 2.82. The first kappa shape index (κ1) is 13.2. The van der Waals surface area contributed by atoms with E-state index in [9.17, 15) is 0 Å². The third-order valence-corrected chi connectivity index (χ3v) is 3.98. The lowest BCUT2D eigenvalue weighted by molar-refractivity contribution is 0.572. The SMILES string of the molecule is c1ccc(CCc2cccc(N3CCCCC3)n2)cc1. The fraction of sp³-hybridized carbons (Fsp3) is 0.389. The van der Waals surface area contributed by atoms with Crippen LogP contribution >= 0.6 is 0 Å². The third kappa shape index (κ3) is 3.38. The van der Waals surface area contributed by atoms with Crippen LogP contribution in [0.5, 0.6) is 0 Å². The molecule has 2 heterocycles. The van der Waals surface area contributed by atoms with Crippen LogP contribution in [0.2, 0.25) is 0 Å². The number of hydrogen-bond donors (Lipinski definition) is 0. The van der Waals surface area contributed by atoms with E-state index in [1.54, 1.807) is 0 Å². The van der Waals surface area contributed by atoms with Gasteiger partial charge in [-0.05, 0) is 49.8 Å². The molecule has 0 radical (unpaired) electrons. The zero-order valence-electron chi connectivity index (χ0n) is 12.0. The summed E-state index contributed by atoms with van der Waals surface area (Å²) in [5, 5.41) is 0. The second-order valence-electron chi connectivity index (χ2n) is 5.52. The minimum atomic E-state index is 1.02. The van der Waals surface area contributed by atoms with Crippen LogP contribution in [-0.4, -0.2) is 18.1 Å². The summed E-state index contributed by atoms with van der Waals surface area (Å²) < 4.78 is 0. The number of hydrogen-bond acceptors (Lipinski definition) is 2. The number of piperidine rings is 1. The van der Waals surface area contributed by atoms with Gasteiger partial charge in [0.25, 0.3) is 0 Å². The quantitative estimate of drug-likeness (QED) is 0.835.